The van der Waals surface area contributed by atoms with Crippen molar-refractivity contribution >= 4 is 11.8 Å². The van der Waals surface area contributed by atoms with Crippen LogP contribution >= 0.6 is 0 Å². The Bertz CT molecular complexity index is 655. The molecular formula is C21H30O5. The van der Waals surface area contributed by atoms with Gasteiger partial charge in [0.1, 0.15) is 6.61 Å². The zero-order valence-electron chi connectivity index (χ0n) is 15.7. The maximum atomic E-state index is 12.0. The summed E-state index contributed by atoms with van der Waals surface area (Å²) in [7, 11) is 0. The number of carbonyl (C=O) groups excluding carboxylic acids is 1. The quantitative estimate of drug-likeness (QED) is 0.806. The maximum Gasteiger partial charge on any atom is 0.329 e. The van der Waals surface area contributed by atoms with E-state index in [9.17, 15) is 14.7 Å². The second-order valence-corrected chi connectivity index (χ2v) is 9.43. The average molecular weight is 362 g/mol. The Hall–Kier alpha value is -1.20. The van der Waals surface area contributed by atoms with Gasteiger partial charge < -0.3 is 14.9 Å². The molecule has 0 spiro atoms. The number of carbonyl (C=O) groups is 2. The lowest BCUT2D eigenvalue weighted by Gasteiger charge is -2.60. The van der Waals surface area contributed by atoms with Crippen molar-refractivity contribution < 1.29 is 24.5 Å². The molecule has 26 heavy (non-hydrogen) atoms. The predicted octanol–water partition coefficient (Wildman–Crippen LogP) is 2.96. The fourth-order valence-electron chi connectivity index (χ4n) is 6.96. The molecule has 5 nitrogen and oxygen atoms in total. The fraction of sp³-hybridized carbons (Fsp3) is 0.810. The van der Waals surface area contributed by atoms with E-state index in [-0.39, 0.29) is 41.3 Å². The smallest absolute Gasteiger partial charge is 0.329 e. The van der Waals surface area contributed by atoms with E-state index in [1.54, 1.807) is 0 Å². The van der Waals surface area contributed by atoms with Gasteiger partial charge in [-0.15, -0.1) is 0 Å². The number of carboxylic acid groups (broad SMARTS) is 1. The number of hydrogen-bond acceptors (Lipinski definition) is 4. The number of allylic oxidation sites excluding steroid dienone is 1. The van der Waals surface area contributed by atoms with Gasteiger partial charge in [0, 0.05) is 6.42 Å². The Morgan fingerprint density at radius 3 is 2.77 bits per heavy atom. The number of fused-ring (bicyclic) bond motifs is 5. The molecule has 144 valence electrons. The van der Waals surface area contributed by atoms with Crippen molar-refractivity contribution in [2.75, 3.05) is 6.61 Å². The Balaban J connectivity index is 1.73. The molecule has 2 N–H and O–H groups in total. The minimum atomic E-state index is -0.948. The van der Waals surface area contributed by atoms with Crippen LogP contribution in [0.3, 0.4) is 0 Å². The summed E-state index contributed by atoms with van der Waals surface area (Å²) in [5.74, 6) is 0.397. The van der Waals surface area contributed by atoms with Gasteiger partial charge in [-0.1, -0.05) is 19.4 Å². The molecule has 4 aliphatic rings. The standard InChI is InChI=1S/C21H30O5/c1-20-8-7-13(22)9-12(20)3-4-14-15-5-6-17(23)21(15,2)10-16(19(14)20)26-11-18(24)25/h9,14-17,19,23H,3-8,10-11H2,1-2H3,(H,24,25)/t14-,15-,16-,17-,19+,20-,21-/m0/s1. The first-order valence-electron chi connectivity index (χ1n) is 10.0. The number of rotatable bonds is 3. The summed E-state index contributed by atoms with van der Waals surface area (Å²) in [5, 5.41) is 19.8. The summed E-state index contributed by atoms with van der Waals surface area (Å²) < 4.78 is 5.95. The van der Waals surface area contributed by atoms with Crippen LogP contribution in [0, 0.1) is 28.6 Å². The van der Waals surface area contributed by atoms with Crippen molar-refractivity contribution in [3.05, 3.63) is 11.6 Å². The van der Waals surface area contributed by atoms with Crippen molar-refractivity contribution in [1.29, 1.82) is 0 Å². The molecule has 3 fully saturated rings. The molecule has 0 amide bonds. The van der Waals surface area contributed by atoms with Crippen LogP contribution in [0.15, 0.2) is 11.6 Å². The van der Waals surface area contributed by atoms with Crippen molar-refractivity contribution in [1.82, 2.24) is 0 Å². The Morgan fingerprint density at radius 1 is 1.27 bits per heavy atom. The number of ketones is 1. The van der Waals surface area contributed by atoms with E-state index in [2.05, 4.69) is 13.8 Å². The van der Waals surface area contributed by atoms with Crippen molar-refractivity contribution in [2.24, 2.45) is 28.6 Å². The molecule has 0 aromatic carbocycles. The molecule has 0 aromatic heterocycles. The van der Waals surface area contributed by atoms with E-state index >= 15 is 0 Å². The third kappa shape index (κ3) is 2.58. The lowest BCUT2D eigenvalue weighted by molar-refractivity contribution is -0.173. The molecule has 7 atom stereocenters. The molecule has 0 radical (unpaired) electrons. The SMILES string of the molecule is C[C@]12C[C@H](OCC(=O)O)[C@H]3[C@@H](CCC4=CC(=O)CC[C@@]43C)[C@@H]1CC[C@@H]2O. The highest BCUT2D eigenvalue weighted by atomic mass is 16.5. The number of carboxylic acids is 1. The Morgan fingerprint density at radius 2 is 2.04 bits per heavy atom. The van der Waals surface area contributed by atoms with Gasteiger partial charge in [0.15, 0.2) is 5.78 Å². The zero-order chi connectivity index (χ0) is 18.7. The molecular weight excluding hydrogens is 332 g/mol. The fourth-order valence-corrected chi connectivity index (χ4v) is 6.96. The normalized spacial score (nSPS) is 47.6. The van der Waals surface area contributed by atoms with Crippen LogP contribution in [0.4, 0.5) is 0 Å². The highest BCUT2D eigenvalue weighted by Gasteiger charge is 2.62. The average Bonchev–Trinajstić information content (AvgIpc) is 2.88. The van der Waals surface area contributed by atoms with Crippen LogP contribution in [0.1, 0.15) is 58.8 Å². The van der Waals surface area contributed by atoms with Gasteiger partial charge in [-0.3, -0.25) is 4.79 Å². The predicted molar refractivity (Wildman–Crippen MR) is 95.5 cm³/mol. The van der Waals surface area contributed by atoms with Crippen LogP contribution in [0.2, 0.25) is 0 Å². The first-order valence-corrected chi connectivity index (χ1v) is 10.0. The summed E-state index contributed by atoms with van der Waals surface area (Å²) in [6, 6.07) is 0. The van der Waals surface area contributed by atoms with E-state index in [0.29, 0.717) is 24.7 Å². The van der Waals surface area contributed by atoms with E-state index in [0.717, 1.165) is 32.1 Å². The summed E-state index contributed by atoms with van der Waals surface area (Å²) in [6.45, 7) is 4.13. The van der Waals surface area contributed by atoms with Gasteiger partial charge in [0.05, 0.1) is 12.2 Å². The third-order valence-electron chi connectivity index (χ3n) is 8.24. The molecule has 0 unspecified atom stereocenters. The van der Waals surface area contributed by atoms with E-state index in [1.165, 1.54) is 5.57 Å². The highest BCUT2D eigenvalue weighted by Crippen LogP contribution is 2.65. The van der Waals surface area contributed by atoms with Crippen molar-refractivity contribution in [3.63, 3.8) is 0 Å². The van der Waals surface area contributed by atoms with Gasteiger partial charge in [0.2, 0.25) is 0 Å². The molecule has 0 saturated heterocycles. The van der Waals surface area contributed by atoms with Crippen LogP contribution in [0.5, 0.6) is 0 Å². The zero-order valence-corrected chi connectivity index (χ0v) is 15.7. The number of ether oxygens (including phenoxy) is 1. The molecule has 0 bridgehead atoms. The largest absolute Gasteiger partial charge is 0.480 e. The maximum absolute atomic E-state index is 12.0. The minimum Gasteiger partial charge on any atom is -0.480 e. The van der Waals surface area contributed by atoms with E-state index in [4.69, 9.17) is 9.84 Å². The molecule has 0 heterocycles. The second-order valence-electron chi connectivity index (χ2n) is 9.43. The van der Waals surface area contributed by atoms with Gasteiger partial charge in [-0.2, -0.15) is 0 Å². The highest BCUT2D eigenvalue weighted by molar-refractivity contribution is 5.91. The second kappa shape index (κ2) is 6.16. The van der Waals surface area contributed by atoms with Crippen LogP contribution in [-0.2, 0) is 14.3 Å². The Labute approximate surface area is 154 Å². The molecule has 0 aliphatic heterocycles. The topological polar surface area (TPSA) is 83.8 Å². The van der Waals surface area contributed by atoms with E-state index in [1.807, 2.05) is 6.08 Å². The lowest BCUT2D eigenvalue weighted by Crippen LogP contribution is -2.58. The minimum absolute atomic E-state index is 0.0884. The Kier molecular flexibility index (Phi) is 4.31. The third-order valence-corrected chi connectivity index (χ3v) is 8.24. The van der Waals surface area contributed by atoms with Crippen molar-refractivity contribution in [3.8, 4) is 0 Å². The number of aliphatic hydroxyl groups excluding tert-OH is 1. The first-order chi connectivity index (χ1) is 12.3. The van der Waals surface area contributed by atoms with E-state index < -0.39 is 5.97 Å². The van der Waals surface area contributed by atoms with Gasteiger partial charge in [-0.05, 0) is 73.2 Å². The van der Waals surface area contributed by atoms with Gasteiger partial charge in [0.25, 0.3) is 0 Å². The number of aliphatic carboxylic acids is 1. The molecule has 3 saturated carbocycles. The monoisotopic (exact) mass is 362 g/mol. The van der Waals surface area contributed by atoms with Crippen LogP contribution in [-0.4, -0.2) is 40.8 Å². The van der Waals surface area contributed by atoms with Gasteiger partial charge in [-0.25, -0.2) is 4.79 Å². The summed E-state index contributed by atoms with van der Waals surface area (Å²) in [6.07, 6.45) is 7.28. The van der Waals surface area contributed by atoms with Gasteiger partial charge >= 0.3 is 5.97 Å². The van der Waals surface area contributed by atoms with Crippen molar-refractivity contribution in [2.45, 2.75) is 71.0 Å². The molecule has 0 aromatic rings. The van der Waals surface area contributed by atoms with Crippen LogP contribution in [0.25, 0.3) is 0 Å². The first kappa shape index (κ1) is 18.2. The van der Waals surface area contributed by atoms with Crippen LogP contribution < -0.4 is 0 Å². The summed E-state index contributed by atoms with van der Waals surface area (Å²) in [4.78, 5) is 23.1. The lowest BCUT2D eigenvalue weighted by atomic mass is 9.46. The molecule has 4 aliphatic carbocycles. The number of aliphatic hydroxyl groups is 1. The summed E-state index contributed by atoms with van der Waals surface area (Å²) in [5.41, 5.74) is 0.961. The summed E-state index contributed by atoms with van der Waals surface area (Å²) >= 11 is 0. The number of hydrogen-bond donors (Lipinski definition) is 2. The molecule has 4 rings (SSSR count). The molecule has 5 heteroatoms.